The van der Waals surface area contributed by atoms with Crippen LogP contribution in [0.3, 0.4) is 0 Å². The van der Waals surface area contributed by atoms with E-state index < -0.39 is 6.10 Å². The maximum absolute atomic E-state index is 10.4. The van der Waals surface area contributed by atoms with E-state index in [0.29, 0.717) is 18.9 Å². The second kappa shape index (κ2) is 6.05. The van der Waals surface area contributed by atoms with E-state index in [4.69, 9.17) is 4.98 Å². The van der Waals surface area contributed by atoms with Crippen LogP contribution in [0.5, 0.6) is 0 Å². The Bertz CT molecular complexity index is 893. The summed E-state index contributed by atoms with van der Waals surface area (Å²) in [6, 6.07) is 3.88. The van der Waals surface area contributed by atoms with Crippen LogP contribution in [0.4, 0.5) is 5.82 Å². The van der Waals surface area contributed by atoms with Crippen LogP contribution < -0.4 is 4.90 Å². The highest BCUT2D eigenvalue weighted by Crippen LogP contribution is 2.30. The first kappa shape index (κ1) is 15.9. The van der Waals surface area contributed by atoms with Crippen molar-refractivity contribution in [3.8, 4) is 11.4 Å². The average Bonchev–Trinajstić information content (AvgIpc) is 3.18. The first-order chi connectivity index (χ1) is 12.0. The molecule has 3 aromatic rings. The molecule has 3 aromatic heterocycles. The molecule has 8 heteroatoms. The van der Waals surface area contributed by atoms with Gasteiger partial charge >= 0.3 is 0 Å². The van der Waals surface area contributed by atoms with Crippen LogP contribution in [-0.4, -0.2) is 74.1 Å². The van der Waals surface area contributed by atoms with Gasteiger partial charge in [0.25, 0.3) is 0 Å². The van der Waals surface area contributed by atoms with E-state index in [-0.39, 0.29) is 6.04 Å². The Hall–Kier alpha value is -2.58. The van der Waals surface area contributed by atoms with E-state index in [1.165, 1.54) is 0 Å². The fraction of sp³-hybridized carbons (Fsp3) is 0.412. The van der Waals surface area contributed by atoms with E-state index in [1.807, 2.05) is 38.2 Å². The Labute approximate surface area is 145 Å². The van der Waals surface area contributed by atoms with Crippen molar-refractivity contribution in [1.29, 1.82) is 0 Å². The molecule has 0 aliphatic carbocycles. The van der Waals surface area contributed by atoms with Gasteiger partial charge < -0.3 is 14.9 Å². The first-order valence-corrected chi connectivity index (χ1v) is 8.24. The van der Waals surface area contributed by atoms with Crippen LogP contribution in [0.25, 0.3) is 22.4 Å². The Balaban J connectivity index is 1.83. The van der Waals surface area contributed by atoms with Gasteiger partial charge in [-0.05, 0) is 26.2 Å². The van der Waals surface area contributed by atoms with Gasteiger partial charge in [-0.2, -0.15) is 5.10 Å². The predicted octanol–water partition coefficient (Wildman–Crippen LogP) is 0.536. The first-order valence-electron chi connectivity index (χ1n) is 8.24. The topological polar surface area (TPSA) is 83.2 Å². The second-order valence-corrected chi connectivity index (χ2v) is 6.62. The van der Waals surface area contributed by atoms with Crippen molar-refractivity contribution in [3.05, 3.63) is 30.7 Å². The highest BCUT2D eigenvalue weighted by Gasteiger charge is 2.34. The Morgan fingerprint density at radius 2 is 2.04 bits per heavy atom. The van der Waals surface area contributed by atoms with Crippen molar-refractivity contribution >= 4 is 16.9 Å². The predicted molar refractivity (Wildman–Crippen MR) is 95.2 cm³/mol. The van der Waals surface area contributed by atoms with Crippen molar-refractivity contribution in [2.75, 3.05) is 32.1 Å². The summed E-state index contributed by atoms with van der Waals surface area (Å²) in [4.78, 5) is 17.8. The minimum atomic E-state index is -0.418. The number of aliphatic hydroxyl groups is 1. The van der Waals surface area contributed by atoms with Crippen LogP contribution >= 0.6 is 0 Å². The lowest BCUT2D eigenvalue weighted by Gasteiger charge is -2.22. The van der Waals surface area contributed by atoms with E-state index >= 15 is 0 Å². The molecule has 130 valence electrons. The molecule has 1 fully saturated rings. The number of fused-ring (bicyclic) bond motifs is 1. The van der Waals surface area contributed by atoms with Gasteiger partial charge in [-0.15, -0.1) is 0 Å². The van der Waals surface area contributed by atoms with Crippen LogP contribution in [0.2, 0.25) is 0 Å². The number of aryl methyl sites for hydroxylation is 1. The maximum atomic E-state index is 10.4. The van der Waals surface area contributed by atoms with Gasteiger partial charge in [0.2, 0.25) is 0 Å². The lowest BCUT2D eigenvalue weighted by atomic mass is 10.2. The molecule has 1 aliphatic heterocycles. The normalized spacial score (nSPS) is 20.8. The SMILES string of the molecule is CN(C)[C@@H]1CN(c2nc(-c3cccnc3)nc3c2cnn3C)C[C@H]1O. The average molecular weight is 339 g/mol. The number of hydrogen-bond donors (Lipinski definition) is 1. The largest absolute Gasteiger partial charge is 0.390 e. The third kappa shape index (κ3) is 2.73. The zero-order valence-electron chi connectivity index (χ0n) is 14.5. The van der Waals surface area contributed by atoms with Crippen LogP contribution in [0.15, 0.2) is 30.7 Å². The molecule has 0 radical (unpaired) electrons. The van der Waals surface area contributed by atoms with Gasteiger partial charge in [0, 0.05) is 38.1 Å². The third-order valence-corrected chi connectivity index (χ3v) is 4.71. The summed E-state index contributed by atoms with van der Waals surface area (Å²) in [6.45, 7) is 1.25. The Morgan fingerprint density at radius 1 is 1.20 bits per heavy atom. The standard InChI is InChI=1S/C17H21N7O/c1-22(2)13-9-24(10-14(13)25)17-12-8-19-23(3)16(12)20-15(21-17)11-5-4-6-18-7-11/h4-8,13-14,25H,9-10H2,1-3H3/t13-,14-/m1/s1. The molecule has 8 nitrogen and oxygen atoms in total. The van der Waals surface area contributed by atoms with E-state index in [2.05, 4.69) is 20.0 Å². The molecule has 4 heterocycles. The third-order valence-electron chi connectivity index (χ3n) is 4.71. The van der Waals surface area contributed by atoms with Gasteiger partial charge in [-0.25, -0.2) is 9.97 Å². The molecule has 1 aliphatic rings. The fourth-order valence-corrected chi connectivity index (χ4v) is 3.32. The monoisotopic (exact) mass is 339 g/mol. The van der Waals surface area contributed by atoms with Crippen molar-refractivity contribution in [2.45, 2.75) is 12.1 Å². The van der Waals surface area contributed by atoms with Gasteiger partial charge in [-0.1, -0.05) is 0 Å². The zero-order chi connectivity index (χ0) is 17.6. The number of likely N-dealkylation sites (N-methyl/N-ethyl adjacent to an activating group) is 1. The van der Waals surface area contributed by atoms with Crippen molar-refractivity contribution in [3.63, 3.8) is 0 Å². The van der Waals surface area contributed by atoms with Gasteiger partial charge in [-0.3, -0.25) is 9.67 Å². The smallest absolute Gasteiger partial charge is 0.165 e. The van der Waals surface area contributed by atoms with Gasteiger partial charge in [0.05, 0.1) is 23.7 Å². The molecule has 1 saturated heterocycles. The molecular formula is C17H21N7O. The van der Waals surface area contributed by atoms with E-state index in [1.54, 1.807) is 23.3 Å². The molecule has 0 saturated carbocycles. The summed E-state index contributed by atoms with van der Waals surface area (Å²) in [5.41, 5.74) is 1.63. The Morgan fingerprint density at radius 3 is 2.72 bits per heavy atom. The van der Waals surface area contributed by atoms with Crippen molar-refractivity contribution in [2.24, 2.45) is 7.05 Å². The quantitative estimate of drug-likeness (QED) is 0.745. The molecule has 0 amide bonds. The Kier molecular flexibility index (Phi) is 3.85. The fourth-order valence-electron chi connectivity index (χ4n) is 3.32. The summed E-state index contributed by atoms with van der Waals surface area (Å²) >= 11 is 0. The van der Waals surface area contributed by atoms with E-state index in [9.17, 15) is 5.11 Å². The molecule has 25 heavy (non-hydrogen) atoms. The lowest BCUT2D eigenvalue weighted by molar-refractivity contribution is 0.114. The molecule has 0 spiro atoms. The number of β-amino-alcohol motifs (C(OH)–C–C–N with tert-alkyl or cyclic N) is 1. The van der Waals surface area contributed by atoms with Gasteiger partial charge in [0.15, 0.2) is 11.5 Å². The zero-order valence-corrected chi connectivity index (χ0v) is 14.5. The number of nitrogens with zero attached hydrogens (tertiary/aromatic N) is 7. The number of pyridine rings is 1. The van der Waals surface area contributed by atoms with Crippen LogP contribution in [0.1, 0.15) is 0 Å². The molecule has 2 atom stereocenters. The lowest BCUT2D eigenvalue weighted by Crippen LogP contribution is -2.38. The summed E-state index contributed by atoms with van der Waals surface area (Å²) < 4.78 is 1.75. The summed E-state index contributed by atoms with van der Waals surface area (Å²) in [5.74, 6) is 1.42. The highest BCUT2D eigenvalue weighted by molar-refractivity contribution is 5.88. The minimum Gasteiger partial charge on any atom is -0.390 e. The molecule has 0 unspecified atom stereocenters. The second-order valence-electron chi connectivity index (χ2n) is 6.62. The summed E-state index contributed by atoms with van der Waals surface area (Å²) in [7, 11) is 5.84. The number of hydrogen-bond acceptors (Lipinski definition) is 7. The van der Waals surface area contributed by atoms with Crippen LogP contribution in [-0.2, 0) is 7.05 Å². The van der Waals surface area contributed by atoms with Gasteiger partial charge in [0.1, 0.15) is 5.82 Å². The molecule has 4 rings (SSSR count). The maximum Gasteiger partial charge on any atom is 0.165 e. The summed E-state index contributed by atoms with van der Waals surface area (Å²) in [6.07, 6.45) is 4.85. The number of rotatable bonds is 3. The molecule has 1 N–H and O–H groups in total. The molecular weight excluding hydrogens is 318 g/mol. The molecule has 0 aromatic carbocycles. The number of anilines is 1. The number of aromatic nitrogens is 5. The van der Waals surface area contributed by atoms with Crippen LogP contribution in [0, 0.1) is 0 Å². The van der Waals surface area contributed by atoms with Crippen molar-refractivity contribution < 1.29 is 5.11 Å². The highest BCUT2D eigenvalue weighted by atomic mass is 16.3. The van der Waals surface area contributed by atoms with E-state index in [0.717, 1.165) is 22.4 Å². The minimum absolute atomic E-state index is 0.0727. The van der Waals surface area contributed by atoms with Crippen molar-refractivity contribution in [1.82, 2.24) is 29.6 Å². The summed E-state index contributed by atoms with van der Waals surface area (Å²) in [5, 5.41) is 15.6. The number of aliphatic hydroxyl groups excluding tert-OH is 1. The molecule has 0 bridgehead atoms.